The fourth-order valence-corrected chi connectivity index (χ4v) is 2.97. The number of hydrogen-bond acceptors (Lipinski definition) is 6. The number of benzene rings is 2. The van der Waals surface area contributed by atoms with Crippen LogP contribution in [0.5, 0.6) is 0 Å². The number of nitrogens with one attached hydrogen (secondary N) is 2. The van der Waals surface area contributed by atoms with Gasteiger partial charge in [-0.15, -0.1) is 0 Å². The molecule has 2 N–H and O–H groups in total. The lowest BCUT2D eigenvalue weighted by atomic mass is 10.0. The van der Waals surface area contributed by atoms with E-state index >= 15 is 0 Å². The van der Waals surface area contributed by atoms with Crippen LogP contribution >= 0.6 is 11.6 Å². The maximum absolute atomic E-state index is 8.89. The SMILES string of the molecule is Cc1cc(/C(Cl)=C/C#N)cc(C)c1Nc1ccnc(Nc2ccc(C#N)cc2)n1. The average Bonchev–Trinajstić information content (AvgIpc) is 2.71. The molecule has 0 radical (unpaired) electrons. The van der Waals surface area contributed by atoms with Crippen LogP contribution in [0.25, 0.3) is 5.03 Å². The van der Waals surface area contributed by atoms with Gasteiger partial charge in [0.25, 0.3) is 0 Å². The van der Waals surface area contributed by atoms with Crippen LogP contribution in [0, 0.1) is 36.5 Å². The van der Waals surface area contributed by atoms with Gasteiger partial charge in [0.15, 0.2) is 0 Å². The third kappa shape index (κ3) is 4.90. The van der Waals surface area contributed by atoms with Crippen molar-refractivity contribution in [2.24, 2.45) is 0 Å². The Kier molecular flexibility index (Phi) is 6.09. The van der Waals surface area contributed by atoms with Gasteiger partial charge in [-0.1, -0.05) is 11.6 Å². The quantitative estimate of drug-likeness (QED) is 0.544. The summed E-state index contributed by atoms with van der Waals surface area (Å²) in [7, 11) is 0. The maximum Gasteiger partial charge on any atom is 0.229 e. The van der Waals surface area contributed by atoms with Crippen molar-refractivity contribution < 1.29 is 0 Å². The van der Waals surface area contributed by atoms with E-state index in [9.17, 15) is 0 Å². The molecule has 0 aliphatic heterocycles. The standard InChI is InChI=1S/C22H17ClN6/c1-14-11-17(19(23)7-9-24)12-15(2)21(14)28-20-8-10-26-22(29-20)27-18-5-3-16(13-25)4-6-18/h3-8,10-12H,1-2H3,(H2,26,27,28,29)/b19-7-. The number of nitriles is 2. The molecular weight excluding hydrogens is 384 g/mol. The molecule has 0 aliphatic rings. The lowest BCUT2D eigenvalue weighted by molar-refractivity contribution is 1.16. The summed E-state index contributed by atoms with van der Waals surface area (Å²) in [6, 6.07) is 16.7. The molecule has 0 aliphatic carbocycles. The Morgan fingerprint density at radius 1 is 1.03 bits per heavy atom. The number of halogens is 1. The Morgan fingerprint density at radius 3 is 2.34 bits per heavy atom. The van der Waals surface area contributed by atoms with E-state index in [-0.39, 0.29) is 0 Å². The van der Waals surface area contributed by atoms with Crippen LogP contribution in [0.1, 0.15) is 22.3 Å². The molecule has 3 rings (SSSR count). The Hall–Kier alpha value is -3.87. The molecule has 1 aromatic heterocycles. The van der Waals surface area contributed by atoms with Gasteiger partial charge in [0.05, 0.1) is 22.7 Å². The smallest absolute Gasteiger partial charge is 0.229 e. The molecule has 0 fully saturated rings. The van der Waals surface area contributed by atoms with E-state index in [1.807, 2.05) is 32.0 Å². The van der Waals surface area contributed by atoms with Crippen molar-refractivity contribution in [2.45, 2.75) is 13.8 Å². The zero-order chi connectivity index (χ0) is 20.8. The Bertz CT molecular complexity index is 1130. The summed E-state index contributed by atoms with van der Waals surface area (Å²) in [5.41, 5.74) is 5.04. The first-order valence-corrected chi connectivity index (χ1v) is 9.12. The largest absolute Gasteiger partial charge is 0.340 e. The van der Waals surface area contributed by atoms with Crippen molar-refractivity contribution >= 4 is 39.8 Å². The van der Waals surface area contributed by atoms with E-state index in [0.29, 0.717) is 22.4 Å². The second-order valence-electron chi connectivity index (χ2n) is 6.31. The zero-order valence-corrected chi connectivity index (χ0v) is 16.6. The molecule has 0 amide bonds. The van der Waals surface area contributed by atoms with Crippen LogP contribution in [0.3, 0.4) is 0 Å². The van der Waals surface area contributed by atoms with E-state index in [4.69, 9.17) is 22.1 Å². The Morgan fingerprint density at radius 2 is 1.72 bits per heavy atom. The first-order chi connectivity index (χ1) is 14.0. The highest BCUT2D eigenvalue weighted by molar-refractivity contribution is 6.49. The van der Waals surface area contributed by atoms with Crippen LogP contribution in [0.15, 0.2) is 54.7 Å². The third-order valence-corrected chi connectivity index (χ3v) is 4.51. The number of anilines is 4. The molecule has 1 heterocycles. The second kappa shape index (κ2) is 8.88. The molecule has 2 aromatic carbocycles. The van der Waals surface area contributed by atoms with Gasteiger partial charge in [-0.25, -0.2) is 4.98 Å². The molecule has 0 saturated carbocycles. The van der Waals surface area contributed by atoms with Crippen LogP contribution in [0.4, 0.5) is 23.1 Å². The minimum Gasteiger partial charge on any atom is -0.340 e. The summed E-state index contributed by atoms with van der Waals surface area (Å²) < 4.78 is 0. The van der Waals surface area contributed by atoms with Crippen molar-refractivity contribution in [3.8, 4) is 12.1 Å². The van der Waals surface area contributed by atoms with Crippen molar-refractivity contribution in [3.63, 3.8) is 0 Å². The summed E-state index contributed by atoms with van der Waals surface area (Å²) in [6.45, 7) is 3.93. The predicted octanol–water partition coefficient (Wildman–Crippen LogP) is 5.56. The average molecular weight is 401 g/mol. The lowest BCUT2D eigenvalue weighted by Gasteiger charge is -2.15. The van der Waals surface area contributed by atoms with Gasteiger partial charge in [-0.2, -0.15) is 15.5 Å². The maximum atomic E-state index is 8.89. The fraction of sp³-hybridized carbons (Fsp3) is 0.0909. The predicted molar refractivity (Wildman–Crippen MR) is 115 cm³/mol. The molecule has 0 atom stereocenters. The summed E-state index contributed by atoms with van der Waals surface area (Å²) in [5, 5.41) is 24.5. The van der Waals surface area contributed by atoms with Gasteiger partial charge in [0, 0.05) is 23.6 Å². The number of nitrogens with zero attached hydrogens (tertiary/aromatic N) is 4. The molecule has 7 heteroatoms. The Labute approximate surface area is 174 Å². The molecule has 0 bridgehead atoms. The van der Waals surface area contributed by atoms with Crippen LogP contribution in [0.2, 0.25) is 0 Å². The summed E-state index contributed by atoms with van der Waals surface area (Å²) in [6.07, 6.45) is 2.97. The van der Waals surface area contributed by atoms with E-state index in [1.165, 1.54) is 6.08 Å². The second-order valence-corrected chi connectivity index (χ2v) is 6.72. The number of aryl methyl sites for hydroxylation is 2. The minimum atomic E-state index is 0.404. The van der Waals surface area contributed by atoms with Crippen molar-refractivity contribution in [1.82, 2.24) is 9.97 Å². The first kappa shape index (κ1) is 19.9. The highest BCUT2D eigenvalue weighted by atomic mass is 35.5. The van der Waals surface area contributed by atoms with Crippen molar-refractivity contribution in [3.05, 3.63) is 77.0 Å². The fourth-order valence-electron chi connectivity index (χ4n) is 2.81. The number of allylic oxidation sites excluding steroid dienone is 1. The summed E-state index contributed by atoms with van der Waals surface area (Å²) in [4.78, 5) is 8.74. The highest BCUT2D eigenvalue weighted by Gasteiger charge is 2.09. The Balaban J connectivity index is 1.82. The van der Waals surface area contributed by atoms with E-state index in [2.05, 4.69) is 26.7 Å². The third-order valence-electron chi connectivity index (χ3n) is 4.18. The molecule has 0 saturated heterocycles. The van der Waals surface area contributed by atoms with E-state index < -0.39 is 0 Å². The van der Waals surface area contributed by atoms with Gasteiger partial charge in [0.2, 0.25) is 5.95 Å². The highest BCUT2D eigenvalue weighted by Crippen LogP contribution is 2.29. The minimum absolute atomic E-state index is 0.404. The normalized spacial score (nSPS) is 10.7. The van der Waals surface area contributed by atoms with Gasteiger partial charge in [-0.3, -0.25) is 0 Å². The van der Waals surface area contributed by atoms with Crippen LogP contribution in [-0.2, 0) is 0 Å². The first-order valence-electron chi connectivity index (χ1n) is 8.74. The van der Waals surface area contributed by atoms with Gasteiger partial charge < -0.3 is 10.6 Å². The molecule has 29 heavy (non-hydrogen) atoms. The number of rotatable bonds is 5. The van der Waals surface area contributed by atoms with Crippen molar-refractivity contribution in [2.75, 3.05) is 10.6 Å². The van der Waals surface area contributed by atoms with Crippen LogP contribution < -0.4 is 10.6 Å². The molecule has 6 nitrogen and oxygen atoms in total. The summed E-state index contributed by atoms with van der Waals surface area (Å²) >= 11 is 6.15. The zero-order valence-electron chi connectivity index (χ0n) is 15.9. The van der Waals surface area contributed by atoms with Gasteiger partial charge in [0.1, 0.15) is 5.82 Å². The van der Waals surface area contributed by atoms with Gasteiger partial charge >= 0.3 is 0 Å². The lowest BCUT2D eigenvalue weighted by Crippen LogP contribution is -2.02. The van der Waals surface area contributed by atoms with Crippen molar-refractivity contribution in [1.29, 1.82) is 10.5 Å². The molecule has 0 spiro atoms. The molecule has 3 aromatic rings. The molecule has 0 unspecified atom stereocenters. The molecule has 142 valence electrons. The topological polar surface area (TPSA) is 97.4 Å². The van der Waals surface area contributed by atoms with Crippen LogP contribution in [-0.4, -0.2) is 9.97 Å². The molecular formula is C22H17ClN6. The van der Waals surface area contributed by atoms with E-state index in [1.54, 1.807) is 36.5 Å². The van der Waals surface area contributed by atoms with E-state index in [0.717, 1.165) is 28.1 Å². The summed E-state index contributed by atoms with van der Waals surface area (Å²) in [5.74, 6) is 1.07. The number of hydrogen-bond donors (Lipinski definition) is 2. The van der Waals surface area contributed by atoms with Gasteiger partial charge in [-0.05, 0) is 73.0 Å². The monoisotopic (exact) mass is 400 g/mol. The number of aromatic nitrogens is 2.